The molecule has 10 heteroatoms. The van der Waals surface area contributed by atoms with Gasteiger partial charge in [0.25, 0.3) is 5.56 Å². The molecule has 5 rings (SSSR count). The van der Waals surface area contributed by atoms with Crippen LogP contribution in [0.5, 0.6) is 5.75 Å². The lowest BCUT2D eigenvalue weighted by atomic mass is 10.1. The fourth-order valence-corrected chi connectivity index (χ4v) is 4.36. The first-order valence-electron chi connectivity index (χ1n) is 11.4. The van der Waals surface area contributed by atoms with Gasteiger partial charge in [-0.15, -0.1) is 0 Å². The second kappa shape index (κ2) is 9.22. The quantitative estimate of drug-likeness (QED) is 0.455. The van der Waals surface area contributed by atoms with Crippen molar-refractivity contribution < 1.29 is 4.74 Å². The molecule has 0 unspecified atom stereocenters. The highest BCUT2D eigenvalue weighted by atomic mass is 16.5. The average molecular weight is 474 g/mol. The summed E-state index contributed by atoms with van der Waals surface area (Å²) < 4.78 is 6.34. The van der Waals surface area contributed by atoms with Crippen molar-refractivity contribution in [2.45, 2.75) is 6.92 Å². The summed E-state index contributed by atoms with van der Waals surface area (Å²) in [7, 11) is 3.63. The van der Waals surface area contributed by atoms with Crippen molar-refractivity contribution in [1.82, 2.24) is 24.4 Å². The Morgan fingerprint density at radius 1 is 1.03 bits per heavy atom. The van der Waals surface area contributed by atoms with Gasteiger partial charge < -0.3 is 19.9 Å². The molecule has 0 atom stereocenters. The molecule has 0 bridgehead atoms. The largest absolute Gasteiger partial charge is 0.495 e. The first kappa shape index (κ1) is 22.6. The third-order valence-corrected chi connectivity index (χ3v) is 6.27. The van der Waals surface area contributed by atoms with Crippen LogP contribution in [0.2, 0.25) is 0 Å². The number of para-hydroxylation sites is 2. The number of rotatable bonds is 5. The Morgan fingerprint density at radius 2 is 1.80 bits per heavy atom. The molecule has 0 saturated carbocycles. The van der Waals surface area contributed by atoms with E-state index in [2.05, 4.69) is 50.1 Å². The van der Waals surface area contributed by atoms with Crippen LogP contribution in [0.1, 0.15) is 5.56 Å². The van der Waals surface area contributed by atoms with E-state index in [0.717, 1.165) is 42.0 Å². The van der Waals surface area contributed by atoms with Crippen LogP contribution in [0.4, 0.5) is 17.3 Å². The van der Waals surface area contributed by atoms with Crippen LogP contribution in [-0.2, 0) is 0 Å². The van der Waals surface area contributed by atoms with Crippen molar-refractivity contribution in [3.05, 3.63) is 75.1 Å². The van der Waals surface area contributed by atoms with E-state index in [9.17, 15) is 9.59 Å². The molecule has 1 fully saturated rings. The number of benzene rings is 2. The summed E-state index contributed by atoms with van der Waals surface area (Å²) in [6.07, 6.45) is 1.42. The number of hydrogen-bond donors (Lipinski definition) is 2. The summed E-state index contributed by atoms with van der Waals surface area (Å²) >= 11 is 0. The molecule has 0 radical (unpaired) electrons. The van der Waals surface area contributed by atoms with Gasteiger partial charge in [-0.05, 0) is 49.9 Å². The summed E-state index contributed by atoms with van der Waals surface area (Å²) in [5.74, 6) is 0.698. The van der Waals surface area contributed by atoms with E-state index in [-0.39, 0.29) is 17.0 Å². The molecule has 10 nitrogen and oxygen atoms in total. The number of ether oxygens (including phenoxy) is 1. The number of likely N-dealkylation sites (N-methyl/N-ethyl adjacent to an activating group) is 1. The van der Waals surface area contributed by atoms with Gasteiger partial charge in [-0.25, -0.2) is 14.3 Å². The molecule has 0 spiro atoms. The van der Waals surface area contributed by atoms with Crippen molar-refractivity contribution in [2.24, 2.45) is 0 Å². The Hall–Kier alpha value is -4.18. The molecular formula is C25H27N7O3. The number of anilines is 3. The lowest BCUT2D eigenvalue weighted by Gasteiger charge is -2.35. The molecule has 2 aromatic heterocycles. The first-order chi connectivity index (χ1) is 16.9. The van der Waals surface area contributed by atoms with Crippen LogP contribution in [0, 0.1) is 6.92 Å². The normalized spacial score (nSPS) is 14.3. The van der Waals surface area contributed by atoms with Gasteiger partial charge in [-0.1, -0.05) is 12.1 Å². The van der Waals surface area contributed by atoms with E-state index in [0.29, 0.717) is 11.4 Å². The second-order valence-electron chi connectivity index (χ2n) is 8.62. The molecule has 0 amide bonds. The van der Waals surface area contributed by atoms with Gasteiger partial charge in [-0.2, -0.15) is 4.98 Å². The molecular weight excluding hydrogens is 446 g/mol. The SMILES string of the molecule is COc1ccccc1-n1c(=O)[nH]c2nc(Nc3ccc(N4CCN(C)CC4)c(C)c3)ncc2c1=O. The molecule has 2 N–H and O–H groups in total. The van der Waals surface area contributed by atoms with E-state index in [1.807, 2.05) is 12.1 Å². The van der Waals surface area contributed by atoms with Gasteiger partial charge in [0.15, 0.2) is 5.65 Å². The van der Waals surface area contributed by atoms with Crippen LogP contribution in [0.15, 0.2) is 58.3 Å². The highest BCUT2D eigenvalue weighted by Crippen LogP contribution is 2.26. The van der Waals surface area contributed by atoms with Crippen molar-refractivity contribution in [3.63, 3.8) is 0 Å². The van der Waals surface area contributed by atoms with Gasteiger partial charge in [-0.3, -0.25) is 9.78 Å². The van der Waals surface area contributed by atoms with Crippen molar-refractivity contribution >= 4 is 28.4 Å². The number of aromatic nitrogens is 4. The molecule has 1 saturated heterocycles. The van der Waals surface area contributed by atoms with Gasteiger partial charge >= 0.3 is 5.69 Å². The van der Waals surface area contributed by atoms with E-state index in [1.165, 1.54) is 19.0 Å². The zero-order valence-electron chi connectivity index (χ0n) is 19.9. The second-order valence-corrected chi connectivity index (χ2v) is 8.62. The molecule has 0 aliphatic carbocycles. The Kier molecular flexibility index (Phi) is 5.96. The molecule has 2 aromatic carbocycles. The highest BCUT2D eigenvalue weighted by Gasteiger charge is 2.17. The molecule has 180 valence electrons. The molecule has 4 aromatic rings. The lowest BCUT2D eigenvalue weighted by Crippen LogP contribution is -2.44. The number of aryl methyl sites for hydroxylation is 1. The van der Waals surface area contributed by atoms with E-state index in [4.69, 9.17) is 4.74 Å². The van der Waals surface area contributed by atoms with Gasteiger partial charge in [0.1, 0.15) is 11.1 Å². The zero-order chi connectivity index (χ0) is 24.5. The number of fused-ring (bicyclic) bond motifs is 1. The molecule has 3 heterocycles. The predicted molar refractivity (Wildman–Crippen MR) is 136 cm³/mol. The van der Waals surface area contributed by atoms with Crippen LogP contribution >= 0.6 is 0 Å². The number of methoxy groups -OCH3 is 1. The van der Waals surface area contributed by atoms with E-state index in [1.54, 1.807) is 24.3 Å². The third kappa shape index (κ3) is 4.35. The number of hydrogen-bond acceptors (Lipinski definition) is 8. The molecule has 35 heavy (non-hydrogen) atoms. The first-order valence-corrected chi connectivity index (χ1v) is 11.4. The summed E-state index contributed by atoms with van der Waals surface area (Å²) in [5.41, 5.74) is 2.56. The van der Waals surface area contributed by atoms with Crippen LogP contribution in [0.25, 0.3) is 16.7 Å². The van der Waals surface area contributed by atoms with E-state index >= 15 is 0 Å². The fraction of sp³-hybridized carbons (Fsp3) is 0.280. The lowest BCUT2D eigenvalue weighted by molar-refractivity contribution is 0.312. The molecule has 1 aliphatic heterocycles. The predicted octanol–water partition coefficient (Wildman–Crippen LogP) is 2.28. The Labute approximate surface area is 201 Å². The minimum absolute atomic E-state index is 0.162. The molecule has 1 aliphatic rings. The minimum atomic E-state index is -0.607. The van der Waals surface area contributed by atoms with E-state index < -0.39 is 11.2 Å². The van der Waals surface area contributed by atoms with Crippen LogP contribution < -0.4 is 26.2 Å². The van der Waals surface area contributed by atoms with Crippen molar-refractivity contribution in [1.29, 1.82) is 0 Å². The maximum absolute atomic E-state index is 13.1. The average Bonchev–Trinajstić information content (AvgIpc) is 2.85. The Bertz CT molecular complexity index is 1500. The standard InChI is InChI=1S/C25H27N7O3/c1-16-14-17(8-9-19(16)31-12-10-30(2)11-13-31)27-24-26-15-18-22(28-24)29-25(34)32(23(18)33)20-6-4-5-7-21(20)35-3/h4-9,14-15H,10-13H2,1-3H3,(H2,26,27,28,29,34). The van der Waals surface area contributed by atoms with Crippen molar-refractivity contribution in [2.75, 3.05) is 50.6 Å². The smallest absolute Gasteiger partial charge is 0.334 e. The minimum Gasteiger partial charge on any atom is -0.495 e. The number of piperazine rings is 1. The highest BCUT2D eigenvalue weighted by molar-refractivity contribution is 5.75. The van der Waals surface area contributed by atoms with Gasteiger partial charge in [0, 0.05) is 43.8 Å². The number of H-pyrrole nitrogens is 1. The van der Waals surface area contributed by atoms with Crippen molar-refractivity contribution in [3.8, 4) is 11.4 Å². The van der Waals surface area contributed by atoms with Crippen LogP contribution in [0.3, 0.4) is 0 Å². The monoisotopic (exact) mass is 473 g/mol. The summed E-state index contributed by atoms with van der Waals surface area (Å²) in [6, 6.07) is 13.0. The van der Waals surface area contributed by atoms with Gasteiger partial charge in [0.2, 0.25) is 5.95 Å². The topological polar surface area (TPSA) is 108 Å². The number of nitrogens with one attached hydrogen (secondary N) is 2. The third-order valence-electron chi connectivity index (χ3n) is 6.27. The maximum Gasteiger partial charge on any atom is 0.334 e. The Balaban J connectivity index is 1.44. The summed E-state index contributed by atoms with van der Waals surface area (Å²) in [5, 5.41) is 3.37. The summed E-state index contributed by atoms with van der Waals surface area (Å²) in [6.45, 7) is 6.16. The maximum atomic E-state index is 13.1. The Morgan fingerprint density at radius 3 is 2.54 bits per heavy atom. The van der Waals surface area contributed by atoms with Crippen LogP contribution in [-0.4, -0.2) is 64.8 Å². The summed E-state index contributed by atoms with van der Waals surface area (Å²) in [4.78, 5) is 42.0. The number of aromatic amines is 1. The van der Waals surface area contributed by atoms with Gasteiger partial charge in [0.05, 0.1) is 12.8 Å². The number of nitrogens with zero attached hydrogens (tertiary/aromatic N) is 5. The fourth-order valence-electron chi connectivity index (χ4n) is 4.36. The zero-order valence-corrected chi connectivity index (χ0v) is 19.9.